The van der Waals surface area contributed by atoms with Crippen LogP contribution in [0.5, 0.6) is 0 Å². The molecule has 0 spiro atoms. The minimum atomic E-state index is 0.168. The van der Waals surface area contributed by atoms with Gasteiger partial charge in [0.1, 0.15) is 5.76 Å². The van der Waals surface area contributed by atoms with Crippen molar-refractivity contribution in [3.05, 3.63) is 35.6 Å². The number of allylic oxidation sites excluding steroid dienone is 5. The minimum absolute atomic E-state index is 0.168. The Bertz CT molecular complexity index is 282. The first kappa shape index (κ1) is 9.78. The zero-order chi connectivity index (χ0) is 9.68. The smallest absolute Gasteiger partial charge is 0.156 e. The van der Waals surface area contributed by atoms with Gasteiger partial charge >= 0.3 is 0 Å². The molecule has 0 fully saturated rings. The second kappa shape index (κ2) is 4.65. The molecule has 0 saturated carbocycles. The zero-order valence-corrected chi connectivity index (χ0v) is 8.04. The summed E-state index contributed by atoms with van der Waals surface area (Å²) in [5.41, 5.74) is 1.17. The molecule has 13 heavy (non-hydrogen) atoms. The lowest BCUT2D eigenvalue weighted by atomic mass is 10.1. The largest absolute Gasteiger partial charge is 0.497 e. The summed E-state index contributed by atoms with van der Waals surface area (Å²) in [4.78, 5) is 11.1. The third kappa shape index (κ3) is 3.28. The third-order valence-electron chi connectivity index (χ3n) is 1.93. The van der Waals surface area contributed by atoms with Crippen molar-refractivity contribution in [2.75, 3.05) is 7.11 Å². The van der Waals surface area contributed by atoms with Crippen molar-refractivity contribution >= 4 is 5.78 Å². The second-order valence-corrected chi connectivity index (χ2v) is 3.09. The van der Waals surface area contributed by atoms with Crippen molar-refractivity contribution in [1.82, 2.24) is 0 Å². The van der Waals surface area contributed by atoms with Crippen LogP contribution < -0.4 is 0 Å². The van der Waals surface area contributed by atoms with E-state index in [1.165, 1.54) is 5.57 Å². The van der Waals surface area contributed by atoms with Gasteiger partial charge in [-0.05, 0) is 31.6 Å². The van der Waals surface area contributed by atoms with E-state index in [1.807, 2.05) is 13.0 Å². The number of ketones is 1. The maximum atomic E-state index is 11.1. The Morgan fingerprint density at radius 3 is 2.85 bits per heavy atom. The summed E-state index contributed by atoms with van der Waals surface area (Å²) in [6, 6.07) is 0. The number of rotatable bonds is 1. The van der Waals surface area contributed by atoms with E-state index in [0.29, 0.717) is 6.42 Å². The maximum absolute atomic E-state index is 11.1. The molecule has 70 valence electrons. The number of carbonyl (C=O) groups excluding carboxylic acids is 1. The van der Waals surface area contributed by atoms with E-state index in [4.69, 9.17) is 4.74 Å². The highest BCUT2D eigenvalue weighted by molar-refractivity contribution is 5.90. The summed E-state index contributed by atoms with van der Waals surface area (Å²) < 4.78 is 5.11. The summed E-state index contributed by atoms with van der Waals surface area (Å²) in [5, 5.41) is 0. The molecular formula is C11H14O2. The van der Waals surface area contributed by atoms with Crippen LogP contribution in [0.3, 0.4) is 0 Å². The van der Waals surface area contributed by atoms with Crippen LogP contribution in [0.15, 0.2) is 35.6 Å². The van der Waals surface area contributed by atoms with Gasteiger partial charge in [-0.15, -0.1) is 0 Å². The fourth-order valence-electron chi connectivity index (χ4n) is 1.14. The fraction of sp³-hybridized carbons (Fsp3) is 0.364. The predicted octanol–water partition coefficient (Wildman–Crippen LogP) is 2.38. The van der Waals surface area contributed by atoms with Crippen molar-refractivity contribution < 1.29 is 9.53 Å². The molecule has 1 rings (SSSR count). The van der Waals surface area contributed by atoms with Gasteiger partial charge in [0.25, 0.3) is 0 Å². The van der Waals surface area contributed by atoms with Gasteiger partial charge in [-0.25, -0.2) is 0 Å². The topological polar surface area (TPSA) is 26.3 Å². The Hall–Kier alpha value is -1.31. The van der Waals surface area contributed by atoms with E-state index in [2.05, 4.69) is 0 Å². The molecule has 0 aromatic carbocycles. The van der Waals surface area contributed by atoms with Gasteiger partial charge in [-0.3, -0.25) is 4.79 Å². The molecule has 0 amide bonds. The highest BCUT2D eigenvalue weighted by atomic mass is 16.5. The monoisotopic (exact) mass is 178 g/mol. The molecule has 2 heteroatoms. The van der Waals surface area contributed by atoms with E-state index in [-0.39, 0.29) is 5.78 Å². The fourth-order valence-corrected chi connectivity index (χ4v) is 1.14. The van der Waals surface area contributed by atoms with E-state index in [1.54, 1.807) is 25.3 Å². The van der Waals surface area contributed by atoms with Gasteiger partial charge in [0, 0.05) is 6.42 Å². The Labute approximate surface area is 78.6 Å². The number of carbonyl (C=O) groups is 1. The Balaban J connectivity index is 2.88. The minimum Gasteiger partial charge on any atom is -0.497 e. The van der Waals surface area contributed by atoms with Gasteiger partial charge in [-0.1, -0.05) is 11.6 Å². The van der Waals surface area contributed by atoms with Gasteiger partial charge < -0.3 is 4.74 Å². The Kier molecular flexibility index (Phi) is 3.50. The van der Waals surface area contributed by atoms with E-state index >= 15 is 0 Å². The molecule has 0 aromatic rings. The highest BCUT2D eigenvalue weighted by Crippen LogP contribution is 2.11. The van der Waals surface area contributed by atoms with Crippen molar-refractivity contribution in [1.29, 1.82) is 0 Å². The van der Waals surface area contributed by atoms with Crippen LogP contribution in [-0.4, -0.2) is 12.9 Å². The summed E-state index contributed by atoms with van der Waals surface area (Å²) in [7, 11) is 1.63. The molecule has 0 aliphatic heterocycles. The summed E-state index contributed by atoms with van der Waals surface area (Å²) in [6.45, 7) is 2.01. The van der Waals surface area contributed by atoms with Crippen molar-refractivity contribution in [3.8, 4) is 0 Å². The second-order valence-electron chi connectivity index (χ2n) is 3.09. The molecule has 2 nitrogen and oxygen atoms in total. The van der Waals surface area contributed by atoms with Crippen LogP contribution in [0.25, 0.3) is 0 Å². The quantitative estimate of drug-likeness (QED) is 0.616. The van der Waals surface area contributed by atoms with Crippen molar-refractivity contribution in [2.45, 2.75) is 19.8 Å². The number of hydrogen-bond donors (Lipinski definition) is 0. The molecule has 0 aromatic heterocycles. The molecule has 0 bridgehead atoms. The first-order chi connectivity index (χ1) is 6.22. The van der Waals surface area contributed by atoms with Crippen LogP contribution in [0.2, 0.25) is 0 Å². The van der Waals surface area contributed by atoms with E-state index < -0.39 is 0 Å². The number of hydrogen-bond acceptors (Lipinski definition) is 2. The van der Waals surface area contributed by atoms with Crippen LogP contribution in [0.4, 0.5) is 0 Å². The summed E-state index contributed by atoms with van der Waals surface area (Å²) in [5.74, 6) is 0.963. The Morgan fingerprint density at radius 1 is 1.38 bits per heavy atom. The lowest BCUT2D eigenvalue weighted by Gasteiger charge is -2.01. The zero-order valence-electron chi connectivity index (χ0n) is 8.04. The summed E-state index contributed by atoms with van der Waals surface area (Å²) in [6.07, 6.45) is 8.48. The molecule has 0 unspecified atom stereocenters. The number of ether oxygens (including phenoxy) is 1. The third-order valence-corrected chi connectivity index (χ3v) is 1.93. The molecule has 0 N–H and O–H groups in total. The predicted molar refractivity (Wildman–Crippen MR) is 52.2 cm³/mol. The molecule has 0 atom stereocenters. The SMILES string of the molecule is COC1=C/C=C/C(=O)CC\C(C)=C\1. The lowest BCUT2D eigenvalue weighted by molar-refractivity contribution is -0.114. The Morgan fingerprint density at radius 2 is 2.15 bits per heavy atom. The van der Waals surface area contributed by atoms with Crippen molar-refractivity contribution in [3.63, 3.8) is 0 Å². The lowest BCUT2D eigenvalue weighted by Crippen LogP contribution is -1.91. The number of methoxy groups -OCH3 is 1. The maximum Gasteiger partial charge on any atom is 0.156 e. The van der Waals surface area contributed by atoms with Crippen LogP contribution in [0, 0.1) is 0 Å². The van der Waals surface area contributed by atoms with E-state index in [9.17, 15) is 4.79 Å². The van der Waals surface area contributed by atoms with Crippen LogP contribution >= 0.6 is 0 Å². The van der Waals surface area contributed by atoms with E-state index in [0.717, 1.165) is 12.2 Å². The molecule has 0 radical (unpaired) electrons. The van der Waals surface area contributed by atoms with Gasteiger partial charge in [-0.2, -0.15) is 0 Å². The van der Waals surface area contributed by atoms with Crippen LogP contribution in [-0.2, 0) is 9.53 Å². The normalized spacial score (nSPS) is 28.6. The average Bonchev–Trinajstić information content (AvgIpc) is 2.19. The van der Waals surface area contributed by atoms with Gasteiger partial charge in [0.05, 0.1) is 7.11 Å². The molecule has 1 aliphatic rings. The highest BCUT2D eigenvalue weighted by Gasteiger charge is 2.01. The summed E-state index contributed by atoms with van der Waals surface area (Å²) >= 11 is 0. The molecular weight excluding hydrogens is 164 g/mol. The molecule has 1 aliphatic carbocycles. The first-order valence-corrected chi connectivity index (χ1v) is 4.34. The van der Waals surface area contributed by atoms with Gasteiger partial charge in [0.15, 0.2) is 5.78 Å². The average molecular weight is 178 g/mol. The molecule has 0 saturated heterocycles. The molecule has 0 heterocycles. The van der Waals surface area contributed by atoms with Gasteiger partial charge in [0.2, 0.25) is 0 Å². The first-order valence-electron chi connectivity index (χ1n) is 4.34. The van der Waals surface area contributed by atoms with Crippen LogP contribution in [0.1, 0.15) is 19.8 Å². The standard InChI is InChI=1S/C11H14O2/c1-9-6-7-10(12)4-3-5-11(8-9)13-2/h3-5,8H,6-7H2,1-2H3/b4-3+,9-8+,11-5+. The van der Waals surface area contributed by atoms with Crippen molar-refractivity contribution in [2.24, 2.45) is 0 Å².